The van der Waals surface area contributed by atoms with Crippen LogP contribution >= 0.6 is 0 Å². The van der Waals surface area contributed by atoms with E-state index in [0.717, 1.165) is 35.7 Å². The highest BCUT2D eigenvalue weighted by atomic mass is 19.2. The van der Waals surface area contributed by atoms with Gasteiger partial charge in [0.05, 0.1) is 5.69 Å². The van der Waals surface area contributed by atoms with Crippen molar-refractivity contribution in [3.8, 4) is 23.1 Å². The van der Waals surface area contributed by atoms with E-state index in [4.69, 9.17) is 0 Å². The predicted molar refractivity (Wildman–Crippen MR) is 123 cm³/mol. The lowest BCUT2D eigenvalue weighted by molar-refractivity contribution is 0.453. The molecule has 32 heavy (non-hydrogen) atoms. The summed E-state index contributed by atoms with van der Waals surface area (Å²) >= 11 is 0. The summed E-state index contributed by atoms with van der Waals surface area (Å²) in [6.45, 7) is 2.02. The molecule has 0 N–H and O–H groups in total. The average molecular weight is 427 g/mol. The summed E-state index contributed by atoms with van der Waals surface area (Å²) in [4.78, 5) is 4.55. The van der Waals surface area contributed by atoms with Gasteiger partial charge in [-0.25, -0.2) is 13.2 Å². The van der Waals surface area contributed by atoms with Gasteiger partial charge >= 0.3 is 0 Å². The second kappa shape index (κ2) is 9.53. The van der Waals surface area contributed by atoms with Crippen molar-refractivity contribution in [3.05, 3.63) is 113 Å². The number of hydrogen-bond donors (Lipinski definition) is 0. The first-order chi connectivity index (χ1) is 15.5. The minimum atomic E-state index is -1.46. The van der Waals surface area contributed by atoms with Gasteiger partial charge in [0.15, 0.2) is 17.5 Å². The molecule has 158 valence electrons. The molecule has 0 saturated carbocycles. The number of allylic oxidation sites excluding steroid dienone is 2. The molecular weight excluding hydrogens is 407 g/mol. The van der Waals surface area contributed by atoms with Crippen LogP contribution in [0, 0.1) is 29.3 Å². The van der Waals surface area contributed by atoms with Gasteiger partial charge in [-0.1, -0.05) is 48.3 Å². The fourth-order valence-electron chi connectivity index (χ4n) is 3.41. The summed E-state index contributed by atoms with van der Waals surface area (Å²) in [7, 11) is 0. The Kier molecular flexibility index (Phi) is 6.37. The molecule has 0 spiro atoms. The Bertz CT molecular complexity index is 1340. The van der Waals surface area contributed by atoms with Crippen molar-refractivity contribution in [2.75, 3.05) is 0 Å². The lowest BCUT2D eigenvalue weighted by Gasteiger charge is -2.03. The van der Waals surface area contributed by atoms with Gasteiger partial charge in [0.2, 0.25) is 0 Å². The number of rotatable bonds is 4. The highest BCUT2D eigenvalue weighted by Crippen LogP contribution is 2.24. The summed E-state index contributed by atoms with van der Waals surface area (Å²) in [6.07, 6.45) is 8.07. The van der Waals surface area contributed by atoms with Crippen LogP contribution in [0.25, 0.3) is 22.0 Å². The van der Waals surface area contributed by atoms with E-state index in [2.05, 4.69) is 29.0 Å². The van der Waals surface area contributed by atoms with Crippen LogP contribution in [0.1, 0.15) is 30.0 Å². The number of benzene rings is 3. The Labute approximate surface area is 185 Å². The predicted octanol–water partition coefficient (Wildman–Crippen LogP) is 7.23. The molecule has 0 bridgehead atoms. The highest BCUT2D eigenvalue weighted by molar-refractivity contribution is 5.84. The third kappa shape index (κ3) is 4.73. The molecule has 4 rings (SSSR count). The molecule has 0 atom stereocenters. The molecule has 1 aromatic heterocycles. The van der Waals surface area contributed by atoms with Crippen LogP contribution in [0.2, 0.25) is 0 Å². The van der Waals surface area contributed by atoms with Crippen LogP contribution in [-0.2, 0) is 6.42 Å². The number of hydrogen-bond acceptors (Lipinski definition) is 1. The van der Waals surface area contributed by atoms with E-state index in [1.54, 1.807) is 12.1 Å². The van der Waals surface area contributed by atoms with E-state index in [9.17, 15) is 13.2 Å². The maximum absolute atomic E-state index is 13.9. The molecule has 3 aromatic carbocycles. The molecule has 1 nitrogen and oxygen atoms in total. The highest BCUT2D eigenvalue weighted by Gasteiger charge is 2.13. The molecule has 0 unspecified atom stereocenters. The molecule has 0 fully saturated rings. The molecular formula is C28H20F3N. The van der Waals surface area contributed by atoms with Crippen LogP contribution in [0.5, 0.6) is 0 Å². The largest absolute Gasteiger partial charge is 0.256 e. The van der Waals surface area contributed by atoms with Crippen LogP contribution in [-0.4, -0.2) is 4.98 Å². The van der Waals surface area contributed by atoms with Crippen molar-refractivity contribution in [2.24, 2.45) is 0 Å². The van der Waals surface area contributed by atoms with Crippen molar-refractivity contribution in [3.63, 3.8) is 0 Å². The van der Waals surface area contributed by atoms with E-state index in [1.165, 1.54) is 11.6 Å². The van der Waals surface area contributed by atoms with Gasteiger partial charge < -0.3 is 0 Å². The number of aryl methyl sites for hydroxylation is 1. The number of fused-ring (bicyclic) bond motifs is 1. The van der Waals surface area contributed by atoms with Gasteiger partial charge in [-0.2, -0.15) is 0 Å². The van der Waals surface area contributed by atoms with E-state index < -0.39 is 17.5 Å². The minimum absolute atomic E-state index is 0.0270. The van der Waals surface area contributed by atoms with Crippen molar-refractivity contribution in [2.45, 2.75) is 19.8 Å². The van der Waals surface area contributed by atoms with Gasteiger partial charge in [0.25, 0.3) is 0 Å². The van der Waals surface area contributed by atoms with Crippen LogP contribution < -0.4 is 0 Å². The Hall–Kier alpha value is -3.84. The van der Waals surface area contributed by atoms with Crippen LogP contribution in [0.4, 0.5) is 13.2 Å². The van der Waals surface area contributed by atoms with Gasteiger partial charge in [-0.3, -0.25) is 4.98 Å². The van der Waals surface area contributed by atoms with E-state index >= 15 is 0 Å². The standard InChI is InChI=1S/C28H20F3N/c1-2-3-4-5-21-11-15-26(32-18-21)22-12-8-19(9-13-22)6-7-20-10-14-24-23(16-20)17-25(29)28(31)27(24)30/h2-3,8-18H,4-5H2,1H3/b3-2+. The Morgan fingerprint density at radius 1 is 0.844 bits per heavy atom. The van der Waals surface area contributed by atoms with Gasteiger partial charge in [0.1, 0.15) is 0 Å². The zero-order valence-corrected chi connectivity index (χ0v) is 17.5. The quantitative estimate of drug-likeness (QED) is 0.190. The summed E-state index contributed by atoms with van der Waals surface area (Å²) in [5.74, 6) is 2.17. The number of aromatic nitrogens is 1. The lowest BCUT2D eigenvalue weighted by atomic mass is 10.0. The van der Waals surface area contributed by atoms with E-state index in [0.29, 0.717) is 5.56 Å². The zero-order chi connectivity index (χ0) is 22.5. The molecule has 0 aliphatic heterocycles. The SMILES string of the molecule is C/C=C/CCc1ccc(-c2ccc(C#Cc3ccc4c(F)c(F)c(F)cc4c3)cc2)nc1. The normalized spacial score (nSPS) is 11.0. The molecule has 4 heteroatoms. The first-order valence-electron chi connectivity index (χ1n) is 10.3. The second-order valence-corrected chi connectivity index (χ2v) is 7.41. The minimum Gasteiger partial charge on any atom is -0.256 e. The maximum Gasteiger partial charge on any atom is 0.195 e. The maximum atomic E-state index is 13.9. The smallest absolute Gasteiger partial charge is 0.195 e. The lowest BCUT2D eigenvalue weighted by Crippen LogP contribution is -1.92. The first-order valence-corrected chi connectivity index (χ1v) is 10.3. The summed E-state index contributed by atoms with van der Waals surface area (Å²) < 4.78 is 40.7. The topological polar surface area (TPSA) is 12.9 Å². The van der Waals surface area contributed by atoms with Crippen molar-refractivity contribution >= 4 is 10.8 Å². The Morgan fingerprint density at radius 3 is 2.31 bits per heavy atom. The Balaban J connectivity index is 1.50. The Morgan fingerprint density at radius 2 is 1.59 bits per heavy atom. The fourth-order valence-corrected chi connectivity index (χ4v) is 3.41. The van der Waals surface area contributed by atoms with Crippen LogP contribution in [0.15, 0.2) is 79.0 Å². The number of nitrogens with zero attached hydrogens (tertiary/aromatic N) is 1. The first kappa shape index (κ1) is 21.4. The summed E-state index contributed by atoms with van der Waals surface area (Å²) in [5.41, 5.74) is 4.47. The van der Waals surface area contributed by atoms with Crippen molar-refractivity contribution < 1.29 is 13.2 Å². The van der Waals surface area contributed by atoms with E-state index in [-0.39, 0.29) is 10.8 Å². The van der Waals surface area contributed by atoms with E-state index in [1.807, 2.05) is 49.5 Å². The van der Waals surface area contributed by atoms with Gasteiger partial charge in [0, 0.05) is 28.3 Å². The molecule has 0 saturated heterocycles. The third-order valence-corrected chi connectivity index (χ3v) is 5.16. The molecule has 4 aromatic rings. The molecule has 0 aliphatic carbocycles. The summed E-state index contributed by atoms with van der Waals surface area (Å²) in [5, 5.41) is 0.294. The van der Waals surface area contributed by atoms with Gasteiger partial charge in [-0.05, 0) is 67.1 Å². The van der Waals surface area contributed by atoms with Crippen molar-refractivity contribution in [1.82, 2.24) is 4.98 Å². The van der Waals surface area contributed by atoms with Crippen molar-refractivity contribution in [1.29, 1.82) is 0 Å². The second-order valence-electron chi connectivity index (χ2n) is 7.41. The number of halogens is 3. The molecule has 1 heterocycles. The fraction of sp³-hybridized carbons (Fsp3) is 0.107. The van der Waals surface area contributed by atoms with Gasteiger partial charge in [-0.15, -0.1) is 0 Å². The average Bonchev–Trinajstić information content (AvgIpc) is 2.82. The van der Waals surface area contributed by atoms with Crippen LogP contribution in [0.3, 0.4) is 0 Å². The zero-order valence-electron chi connectivity index (χ0n) is 17.5. The molecule has 0 aliphatic rings. The monoisotopic (exact) mass is 427 g/mol. The molecule has 0 amide bonds. The third-order valence-electron chi connectivity index (χ3n) is 5.16. The summed E-state index contributed by atoms with van der Waals surface area (Å²) in [6, 6.07) is 17.4. The number of pyridine rings is 1. The molecule has 0 radical (unpaired) electrons.